The molecule has 4 heteroatoms. The van der Waals surface area contributed by atoms with E-state index in [1.165, 1.54) is 5.56 Å². The minimum absolute atomic E-state index is 0.193. The van der Waals surface area contributed by atoms with Crippen molar-refractivity contribution in [2.75, 3.05) is 45.7 Å². The van der Waals surface area contributed by atoms with E-state index in [2.05, 4.69) is 48.2 Å². The van der Waals surface area contributed by atoms with Crippen molar-refractivity contribution >= 4 is 11.6 Å². The van der Waals surface area contributed by atoms with Crippen LogP contribution in [0.2, 0.25) is 0 Å². The molecule has 1 aromatic rings. The second kappa shape index (κ2) is 5.40. The van der Waals surface area contributed by atoms with E-state index >= 15 is 0 Å². The zero-order valence-corrected chi connectivity index (χ0v) is 11.4. The first-order valence-electron chi connectivity index (χ1n) is 6.29. The molecule has 1 aliphatic heterocycles. The van der Waals surface area contributed by atoms with Crippen LogP contribution in [0.15, 0.2) is 24.3 Å². The Morgan fingerprint density at radius 1 is 1.17 bits per heavy atom. The van der Waals surface area contributed by atoms with E-state index in [0.717, 1.165) is 25.3 Å². The van der Waals surface area contributed by atoms with Crippen molar-refractivity contribution in [3.63, 3.8) is 0 Å². The Labute approximate surface area is 109 Å². The minimum Gasteiger partial charge on any atom is -0.360 e. The zero-order chi connectivity index (χ0) is 13.1. The number of piperazine rings is 1. The maximum atomic E-state index is 11.7. The molecule has 2 rings (SSSR count). The van der Waals surface area contributed by atoms with Gasteiger partial charge in [-0.25, -0.2) is 0 Å². The Balaban J connectivity index is 2.03. The van der Waals surface area contributed by atoms with Gasteiger partial charge in [-0.05, 0) is 31.8 Å². The summed E-state index contributed by atoms with van der Waals surface area (Å²) in [6.45, 7) is 3.15. The summed E-state index contributed by atoms with van der Waals surface area (Å²) < 4.78 is 0. The summed E-state index contributed by atoms with van der Waals surface area (Å²) in [6.07, 6.45) is 0. The summed E-state index contributed by atoms with van der Waals surface area (Å²) in [6, 6.07) is 8.49. The summed E-state index contributed by atoms with van der Waals surface area (Å²) in [5.41, 5.74) is 2.43. The average molecular weight is 247 g/mol. The van der Waals surface area contributed by atoms with E-state index in [4.69, 9.17) is 0 Å². The highest BCUT2D eigenvalue weighted by Gasteiger charge is 2.20. The summed E-state index contributed by atoms with van der Waals surface area (Å²) in [7, 11) is 5.99. The lowest BCUT2D eigenvalue weighted by Gasteiger charge is -2.33. The van der Waals surface area contributed by atoms with Crippen LogP contribution in [0.5, 0.6) is 0 Å². The number of rotatable bonds is 3. The summed E-state index contributed by atoms with van der Waals surface area (Å²) >= 11 is 0. The smallest absolute Gasteiger partial charge is 0.241 e. The molecule has 0 spiro atoms. The fourth-order valence-electron chi connectivity index (χ4n) is 2.16. The quantitative estimate of drug-likeness (QED) is 0.798. The van der Waals surface area contributed by atoms with Crippen molar-refractivity contribution in [2.45, 2.75) is 6.54 Å². The first kappa shape index (κ1) is 12.9. The molecule has 18 heavy (non-hydrogen) atoms. The Morgan fingerprint density at radius 2 is 1.83 bits per heavy atom. The van der Waals surface area contributed by atoms with E-state index in [0.29, 0.717) is 6.54 Å². The maximum absolute atomic E-state index is 11.7. The molecule has 1 aromatic carbocycles. The van der Waals surface area contributed by atoms with Gasteiger partial charge in [-0.1, -0.05) is 12.1 Å². The number of carbonyl (C=O) groups is 1. The highest BCUT2D eigenvalue weighted by atomic mass is 16.2. The standard InChI is InChI=1S/C14H21N3O/c1-15(2)10-12-4-6-13(7-5-12)17-9-8-16(3)14(18)11-17/h4-7H,8-11H2,1-3H3. The number of hydrogen-bond acceptors (Lipinski definition) is 3. The van der Waals surface area contributed by atoms with Gasteiger partial charge in [0, 0.05) is 32.4 Å². The normalized spacial score (nSPS) is 16.6. The third-order valence-electron chi connectivity index (χ3n) is 3.26. The van der Waals surface area contributed by atoms with Crippen molar-refractivity contribution in [2.24, 2.45) is 0 Å². The number of hydrogen-bond donors (Lipinski definition) is 0. The van der Waals surface area contributed by atoms with Crippen LogP contribution in [-0.4, -0.2) is 56.5 Å². The Hall–Kier alpha value is -1.55. The number of carbonyl (C=O) groups excluding carboxylic acids is 1. The molecule has 0 radical (unpaired) electrons. The molecular formula is C14H21N3O. The van der Waals surface area contributed by atoms with Crippen LogP contribution >= 0.6 is 0 Å². The number of amides is 1. The van der Waals surface area contributed by atoms with Crippen molar-refractivity contribution < 1.29 is 4.79 Å². The summed E-state index contributed by atoms with van der Waals surface area (Å²) in [5.74, 6) is 0.193. The van der Waals surface area contributed by atoms with Crippen LogP contribution in [0.1, 0.15) is 5.56 Å². The van der Waals surface area contributed by atoms with Crippen LogP contribution in [-0.2, 0) is 11.3 Å². The minimum atomic E-state index is 0.193. The number of anilines is 1. The third kappa shape index (κ3) is 3.01. The van der Waals surface area contributed by atoms with Crippen LogP contribution < -0.4 is 4.90 Å². The highest BCUT2D eigenvalue weighted by Crippen LogP contribution is 2.17. The Bertz CT molecular complexity index is 414. The van der Waals surface area contributed by atoms with E-state index in [1.54, 1.807) is 4.90 Å². The van der Waals surface area contributed by atoms with Crippen molar-refractivity contribution in [3.05, 3.63) is 29.8 Å². The lowest BCUT2D eigenvalue weighted by atomic mass is 10.1. The Kier molecular flexibility index (Phi) is 3.87. The molecule has 98 valence electrons. The van der Waals surface area contributed by atoms with Gasteiger partial charge in [-0.15, -0.1) is 0 Å². The largest absolute Gasteiger partial charge is 0.360 e. The second-order valence-corrected chi connectivity index (χ2v) is 5.14. The molecule has 0 aliphatic carbocycles. The van der Waals surface area contributed by atoms with E-state index in [1.807, 2.05) is 7.05 Å². The molecule has 1 aliphatic rings. The van der Waals surface area contributed by atoms with Crippen molar-refractivity contribution in [3.8, 4) is 0 Å². The van der Waals surface area contributed by atoms with Gasteiger partial charge in [-0.2, -0.15) is 0 Å². The number of nitrogens with zero attached hydrogens (tertiary/aromatic N) is 3. The van der Waals surface area contributed by atoms with Gasteiger partial charge in [0.25, 0.3) is 0 Å². The lowest BCUT2D eigenvalue weighted by molar-refractivity contribution is -0.129. The Morgan fingerprint density at radius 3 is 2.39 bits per heavy atom. The zero-order valence-electron chi connectivity index (χ0n) is 11.4. The molecule has 1 heterocycles. The molecule has 1 fully saturated rings. The van der Waals surface area contributed by atoms with Gasteiger partial charge in [0.2, 0.25) is 5.91 Å². The molecule has 1 amide bonds. The number of benzene rings is 1. The number of likely N-dealkylation sites (N-methyl/N-ethyl adjacent to an activating group) is 1. The van der Waals surface area contributed by atoms with E-state index in [9.17, 15) is 4.79 Å². The van der Waals surface area contributed by atoms with Gasteiger partial charge in [0.05, 0.1) is 6.54 Å². The molecule has 1 saturated heterocycles. The van der Waals surface area contributed by atoms with Crippen molar-refractivity contribution in [1.29, 1.82) is 0 Å². The van der Waals surface area contributed by atoms with Gasteiger partial charge in [0.1, 0.15) is 0 Å². The topological polar surface area (TPSA) is 26.8 Å². The predicted molar refractivity (Wildman–Crippen MR) is 73.7 cm³/mol. The van der Waals surface area contributed by atoms with Crippen LogP contribution in [0.4, 0.5) is 5.69 Å². The fraction of sp³-hybridized carbons (Fsp3) is 0.500. The molecule has 4 nitrogen and oxygen atoms in total. The second-order valence-electron chi connectivity index (χ2n) is 5.14. The van der Waals surface area contributed by atoms with E-state index < -0.39 is 0 Å². The summed E-state index contributed by atoms with van der Waals surface area (Å²) in [4.78, 5) is 17.7. The highest BCUT2D eigenvalue weighted by molar-refractivity contribution is 5.82. The third-order valence-corrected chi connectivity index (χ3v) is 3.26. The molecule has 0 unspecified atom stereocenters. The first-order valence-corrected chi connectivity index (χ1v) is 6.29. The first-order chi connectivity index (χ1) is 8.56. The predicted octanol–water partition coefficient (Wildman–Crippen LogP) is 1.03. The van der Waals surface area contributed by atoms with Crippen LogP contribution in [0.25, 0.3) is 0 Å². The van der Waals surface area contributed by atoms with Crippen LogP contribution in [0, 0.1) is 0 Å². The monoisotopic (exact) mass is 247 g/mol. The SMILES string of the molecule is CN(C)Cc1ccc(N2CCN(C)C(=O)C2)cc1. The molecular weight excluding hydrogens is 226 g/mol. The molecule has 0 aromatic heterocycles. The fourth-order valence-corrected chi connectivity index (χ4v) is 2.16. The van der Waals surface area contributed by atoms with Gasteiger partial charge in [0.15, 0.2) is 0 Å². The van der Waals surface area contributed by atoms with Crippen molar-refractivity contribution in [1.82, 2.24) is 9.80 Å². The van der Waals surface area contributed by atoms with Gasteiger partial charge >= 0.3 is 0 Å². The van der Waals surface area contributed by atoms with E-state index in [-0.39, 0.29) is 5.91 Å². The summed E-state index contributed by atoms with van der Waals surface area (Å²) in [5, 5.41) is 0. The molecule has 0 N–H and O–H groups in total. The molecule has 0 saturated carbocycles. The van der Waals surface area contributed by atoms with Gasteiger partial charge in [-0.3, -0.25) is 4.79 Å². The average Bonchev–Trinajstić information content (AvgIpc) is 2.33. The lowest BCUT2D eigenvalue weighted by Crippen LogP contribution is -2.48. The molecule has 0 atom stereocenters. The van der Waals surface area contributed by atoms with Gasteiger partial charge < -0.3 is 14.7 Å². The van der Waals surface area contributed by atoms with Crippen LogP contribution in [0.3, 0.4) is 0 Å². The maximum Gasteiger partial charge on any atom is 0.241 e. The molecule has 0 bridgehead atoms.